The Balaban J connectivity index is 4.10. The average molecular weight is 402 g/mol. The number of rotatable bonds is 7. The van der Waals surface area contributed by atoms with Gasteiger partial charge in [-0.3, -0.25) is 0 Å². The van der Waals surface area contributed by atoms with Crippen molar-refractivity contribution >= 4 is 15.8 Å². The lowest BCUT2D eigenvalue weighted by Gasteiger charge is -2.27. The number of benzene rings is 1. The predicted molar refractivity (Wildman–Crippen MR) is 84.4 cm³/mol. The highest BCUT2D eigenvalue weighted by atomic mass is 32.2. The third-order valence-corrected chi connectivity index (χ3v) is 5.21. The molecule has 10 heteroatoms. The molecule has 0 aliphatic rings. The van der Waals surface area contributed by atoms with Gasteiger partial charge < -0.3 is 5.11 Å². The van der Waals surface area contributed by atoms with E-state index < -0.39 is 49.8 Å². The molecule has 0 amide bonds. The minimum Gasteiger partial charge on any atom is -0.478 e. The highest BCUT2D eigenvalue weighted by molar-refractivity contribution is 7.90. The zero-order valence-corrected chi connectivity index (χ0v) is 15.1. The summed E-state index contributed by atoms with van der Waals surface area (Å²) in [5, 5.41) is 9.08. The Morgan fingerprint density at radius 1 is 1.15 bits per heavy atom. The van der Waals surface area contributed by atoms with E-state index in [9.17, 15) is 35.2 Å². The van der Waals surface area contributed by atoms with Gasteiger partial charge in [-0.2, -0.15) is 22.0 Å². The van der Waals surface area contributed by atoms with Crippen LogP contribution in [0.1, 0.15) is 60.5 Å². The van der Waals surface area contributed by atoms with Crippen LogP contribution in [0.3, 0.4) is 0 Å². The molecule has 1 unspecified atom stereocenters. The standard InChI is InChI=1S/C16H19F5O4S/c1-4-6-9(5-2)10-7-8-11(14(22)23)12(13(10)26(3,24)25)15(17,18)16(19,20)21/h7-9H,4-6H2,1-3H3,(H,22,23). The highest BCUT2D eigenvalue weighted by Gasteiger charge is 2.62. The average Bonchev–Trinajstić information content (AvgIpc) is 2.49. The minimum atomic E-state index is -6.15. The Labute approximate surface area is 147 Å². The molecule has 1 N–H and O–H groups in total. The molecule has 0 spiro atoms. The molecule has 26 heavy (non-hydrogen) atoms. The van der Waals surface area contributed by atoms with Crippen LogP contribution in [-0.4, -0.2) is 31.9 Å². The van der Waals surface area contributed by atoms with Crippen LogP contribution >= 0.6 is 0 Å². The summed E-state index contributed by atoms with van der Waals surface area (Å²) in [5.74, 6) is -8.31. The number of alkyl halides is 5. The van der Waals surface area contributed by atoms with Gasteiger partial charge in [0.2, 0.25) is 0 Å². The summed E-state index contributed by atoms with van der Waals surface area (Å²) < 4.78 is 91.5. The number of carboxylic acid groups (broad SMARTS) is 1. The molecule has 1 atom stereocenters. The molecule has 0 radical (unpaired) electrons. The first-order valence-electron chi connectivity index (χ1n) is 7.75. The van der Waals surface area contributed by atoms with Gasteiger partial charge in [0.25, 0.3) is 0 Å². The maximum atomic E-state index is 14.2. The molecule has 1 aromatic rings. The molecule has 148 valence electrons. The lowest BCUT2D eigenvalue weighted by Crippen LogP contribution is -2.37. The Morgan fingerprint density at radius 2 is 1.69 bits per heavy atom. The van der Waals surface area contributed by atoms with Crippen LogP contribution in [0.15, 0.2) is 17.0 Å². The molecule has 0 bridgehead atoms. The normalized spacial score (nSPS) is 14.3. The van der Waals surface area contributed by atoms with Crippen molar-refractivity contribution in [3.63, 3.8) is 0 Å². The summed E-state index contributed by atoms with van der Waals surface area (Å²) in [4.78, 5) is 10.0. The van der Waals surface area contributed by atoms with E-state index in [1.807, 2.05) is 0 Å². The first-order chi connectivity index (χ1) is 11.7. The van der Waals surface area contributed by atoms with E-state index in [4.69, 9.17) is 5.11 Å². The van der Waals surface area contributed by atoms with Crippen molar-refractivity contribution in [2.24, 2.45) is 0 Å². The molecule has 1 rings (SSSR count). The van der Waals surface area contributed by atoms with Gasteiger partial charge in [-0.25, -0.2) is 13.2 Å². The quantitative estimate of drug-likeness (QED) is 0.669. The summed E-state index contributed by atoms with van der Waals surface area (Å²) in [6, 6.07) is 1.62. The molecule has 0 aliphatic carbocycles. The summed E-state index contributed by atoms with van der Waals surface area (Å²) >= 11 is 0. The van der Waals surface area contributed by atoms with Gasteiger partial charge in [0.1, 0.15) is 0 Å². The molecule has 0 heterocycles. The summed E-state index contributed by atoms with van der Waals surface area (Å²) in [5.41, 5.74) is -3.63. The van der Waals surface area contributed by atoms with Crippen molar-refractivity contribution in [2.75, 3.05) is 6.26 Å². The Bertz CT molecular complexity index is 785. The predicted octanol–water partition coefficient (Wildman–Crippen LogP) is 4.74. The van der Waals surface area contributed by atoms with Crippen molar-refractivity contribution in [1.82, 2.24) is 0 Å². The van der Waals surface area contributed by atoms with Crippen molar-refractivity contribution in [2.45, 2.75) is 56.0 Å². The number of carboxylic acids is 1. The number of aromatic carboxylic acids is 1. The molecule has 0 aromatic heterocycles. The Kier molecular flexibility index (Phi) is 6.44. The maximum absolute atomic E-state index is 14.2. The number of hydrogen-bond donors (Lipinski definition) is 1. The van der Waals surface area contributed by atoms with Gasteiger partial charge in [0, 0.05) is 6.26 Å². The molecule has 0 saturated carbocycles. The van der Waals surface area contributed by atoms with Gasteiger partial charge in [0.05, 0.1) is 16.0 Å². The molecule has 4 nitrogen and oxygen atoms in total. The SMILES string of the molecule is CCCC(CC)c1ccc(C(=O)O)c(C(F)(F)C(F)(F)F)c1S(C)(=O)=O. The fraction of sp³-hybridized carbons (Fsp3) is 0.562. The van der Waals surface area contributed by atoms with Gasteiger partial charge in [-0.05, 0) is 30.4 Å². The largest absolute Gasteiger partial charge is 0.478 e. The Hall–Kier alpha value is -1.71. The number of sulfone groups is 1. The fourth-order valence-corrected chi connectivity index (χ4v) is 4.15. The molecule has 0 fully saturated rings. The van der Waals surface area contributed by atoms with Crippen molar-refractivity contribution in [1.29, 1.82) is 0 Å². The van der Waals surface area contributed by atoms with Crippen LogP contribution in [0.4, 0.5) is 22.0 Å². The monoisotopic (exact) mass is 402 g/mol. The van der Waals surface area contributed by atoms with Crippen molar-refractivity contribution in [3.8, 4) is 0 Å². The Morgan fingerprint density at radius 3 is 2.04 bits per heavy atom. The van der Waals surface area contributed by atoms with E-state index in [2.05, 4.69) is 0 Å². The van der Waals surface area contributed by atoms with E-state index in [1.165, 1.54) is 0 Å². The number of carbonyl (C=O) groups is 1. The summed E-state index contributed by atoms with van der Waals surface area (Å²) in [6.45, 7) is 3.39. The first kappa shape index (κ1) is 22.3. The van der Waals surface area contributed by atoms with Gasteiger partial charge in [0.15, 0.2) is 9.84 Å². The zero-order valence-electron chi connectivity index (χ0n) is 14.3. The third-order valence-electron chi connectivity index (χ3n) is 4.03. The molecule has 0 saturated heterocycles. The van der Waals surface area contributed by atoms with Crippen molar-refractivity contribution in [3.05, 3.63) is 28.8 Å². The molecular formula is C16H19F5O4S. The van der Waals surface area contributed by atoms with E-state index in [0.717, 1.165) is 6.07 Å². The summed E-state index contributed by atoms with van der Waals surface area (Å²) in [6.07, 6.45) is -4.48. The number of halogens is 5. The van der Waals surface area contributed by atoms with Crippen molar-refractivity contribution < 1.29 is 40.3 Å². The third kappa shape index (κ3) is 4.16. The lowest BCUT2D eigenvalue weighted by atomic mass is 9.88. The second-order valence-corrected chi connectivity index (χ2v) is 7.90. The highest BCUT2D eigenvalue weighted by Crippen LogP contribution is 2.49. The van der Waals surface area contributed by atoms with E-state index in [0.29, 0.717) is 31.6 Å². The first-order valence-corrected chi connectivity index (χ1v) is 9.64. The van der Waals surface area contributed by atoms with Crippen LogP contribution in [0.2, 0.25) is 0 Å². The minimum absolute atomic E-state index is 0.222. The molecule has 0 aliphatic heterocycles. The molecular weight excluding hydrogens is 383 g/mol. The fourth-order valence-electron chi connectivity index (χ4n) is 2.88. The van der Waals surface area contributed by atoms with Gasteiger partial charge >= 0.3 is 18.1 Å². The maximum Gasteiger partial charge on any atom is 0.458 e. The zero-order chi connectivity index (χ0) is 20.5. The van der Waals surface area contributed by atoms with Crippen LogP contribution in [0.5, 0.6) is 0 Å². The second-order valence-electron chi connectivity index (χ2n) is 5.95. The van der Waals surface area contributed by atoms with E-state index >= 15 is 0 Å². The number of hydrogen-bond acceptors (Lipinski definition) is 3. The van der Waals surface area contributed by atoms with E-state index in [1.54, 1.807) is 13.8 Å². The van der Waals surface area contributed by atoms with Crippen LogP contribution < -0.4 is 0 Å². The van der Waals surface area contributed by atoms with Crippen LogP contribution in [0.25, 0.3) is 0 Å². The van der Waals surface area contributed by atoms with Crippen LogP contribution in [-0.2, 0) is 15.8 Å². The topological polar surface area (TPSA) is 71.4 Å². The smallest absolute Gasteiger partial charge is 0.458 e. The van der Waals surface area contributed by atoms with Gasteiger partial charge in [-0.1, -0.05) is 26.3 Å². The lowest BCUT2D eigenvalue weighted by molar-refractivity contribution is -0.290. The van der Waals surface area contributed by atoms with E-state index in [-0.39, 0.29) is 5.56 Å². The van der Waals surface area contributed by atoms with Gasteiger partial charge in [-0.15, -0.1) is 0 Å². The second kappa shape index (κ2) is 7.50. The molecule has 1 aromatic carbocycles. The van der Waals surface area contributed by atoms with Crippen LogP contribution in [0, 0.1) is 0 Å². The summed E-state index contributed by atoms with van der Waals surface area (Å²) in [7, 11) is -4.58.